The molecule has 0 radical (unpaired) electrons. The molecule has 0 saturated heterocycles. The largest absolute Gasteiger partial charge is 0.492 e. The zero-order chi connectivity index (χ0) is 15.5. The summed E-state index contributed by atoms with van der Waals surface area (Å²) >= 11 is 4.60. The molecule has 21 heavy (non-hydrogen) atoms. The lowest BCUT2D eigenvalue weighted by molar-refractivity contribution is 0.170. The SMILES string of the molecule is CC(C)c1cccc(C(C)C)c1OCC1(CS)CCCC1. The number of hydrogen-bond donors (Lipinski definition) is 1. The average molecular weight is 307 g/mol. The minimum Gasteiger partial charge on any atom is -0.492 e. The summed E-state index contributed by atoms with van der Waals surface area (Å²) in [6.07, 6.45) is 5.17. The lowest BCUT2D eigenvalue weighted by Crippen LogP contribution is -2.27. The average Bonchev–Trinajstić information content (AvgIpc) is 2.94. The van der Waals surface area contributed by atoms with Crippen molar-refractivity contribution in [3.63, 3.8) is 0 Å². The van der Waals surface area contributed by atoms with E-state index in [-0.39, 0.29) is 0 Å². The van der Waals surface area contributed by atoms with Crippen LogP contribution in [0.2, 0.25) is 0 Å². The van der Waals surface area contributed by atoms with E-state index in [2.05, 4.69) is 58.5 Å². The molecule has 1 aliphatic rings. The molecule has 0 amide bonds. The molecule has 0 unspecified atom stereocenters. The summed E-state index contributed by atoms with van der Waals surface area (Å²) in [5.74, 6) is 3.06. The van der Waals surface area contributed by atoms with Crippen LogP contribution in [0.15, 0.2) is 18.2 Å². The molecule has 1 fully saturated rings. The molecule has 0 bridgehead atoms. The molecular weight excluding hydrogens is 276 g/mol. The van der Waals surface area contributed by atoms with Gasteiger partial charge in [-0.15, -0.1) is 0 Å². The van der Waals surface area contributed by atoms with Gasteiger partial charge in [0.15, 0.2) is 0 Å². The minimum absolute atomic E-state index is 0.293. The maximum atomic E-state index is 6.42. The molecule has 0 spiro atoms. The van der Waals surface area contributed by atoms with Crippen LogP contribution in [-0.2, 0) is 0 Å². The molecule has 1 aliphatic carbocycles. The van der Waals surface area contributed by atoms with Gasteiger partial charge in [-0.2, -0.15) is 12.6 Å². The van der Waals surface area contributed by atoms with Gasteiger partial charge in [-0.1, -0.05) is 58.7 Å². The van der Waals surface area contributed by atoms with Crippen LogP contribution >= 0.6 is 12.6 Å². The van der Waals surface area contributed by atoms with Crippen LogP contribution in [0.1, 0.15) is 76.3 Å². The fourth-order valence-electron chi connectivity index (χ4n) is 3.35. The lowest BCUT2D eigenvalue weighted by atomic mass is 9.89. The van der Waals surface area contributed by atoms with Crippen molar-refractivity contribution in [1.82, 2.24) is 0 Å². The zero-order valence-corrected chi connectivity index (χ0v) is 14.9. The maximum absolute atomic E-state index is 6.42. The molecule has 118 valence electrons. The van der Waals surface area contributed by atoms with Crippen LogP contribution < -0.4 is 4.74 Å². The van der Waals surface area contributed by atoms with E-state index in [0.29, 0.717) is 17.3 Å². The molecule has 2 heteroatoms. The highest BCUT2D eigenvalue weighted by Crippen LogP contribution is 2.41. The third-order valence-corrected chi connectivity index (χ3v) is 5.51. The predicted molar refractivity (Wildman–Crippen MR) is 94.9 cm³/mol. The van der Waals surface area contributed by atoms with Gasteiger partial charge in [-0.05, 0) is 41.6 Å². The first-order valence-electron chi connectivity index (χ1n) is 8.35. The van der Waals surface area contributed by atoms with Crippen molar-refractivity contribution in [2.45, 2.75) is 65.2 Å². The maximum Gasteiger partial charge on any atom is 0.126 e. The third kappa shape index (κ3) is 3.77. The molecule has 1 aromatic carbocycles. The lowest BCUT2D eigenvalue weighted by Gasteiger charge is -2.29. The van der Waals surface area contributed by atoms with E-state index in [0.717, 1.165) is 18.1 Å². The van der Waals surface area contributed by atoms with Crippen LogP contribution in [0.4, 0.5) is 0 Å². The third-order valence-electron chi connectivity index (χ3n) is 4.84. The first-order valence-corrected chi connectivity index (χ1v) is 8.99. The summed E-state index contributed by atoms with van der Waals surface area (Å²) in [5.41, 5.74) is 2.98. The van der Waals surface area contributed by atoms with E-state index in [1.807, 2.05) is 0 Å². The van der Waals surface area contributed by atoms with Gasteiger partial charge in [0.05, 0.1) is 6.61 Å². The Morgan fingerprint density at radius 2 is 1.57 bits per heavy atom. The van der Waals surface area contributed by atoms with Gasteiger partial charge in [-0.25, -0.2) is 0 Å². The Morgan fingerprint density at radius 3 is 2.00 bits per heavy atom. The molecular formula is C19H30OS. The number of rotatable bonds is 6. The molecule has 0 atom stereocenters. The summed E-state index contributed by atoms with van der Waals surface area (Å²) in [7, 11) is 0. The smallest absolute Gasteiger partial charge is 0.126 e. The standard InChI is InChI=1S/C19H30OS/c1-14(2)16-8-7-9-17(15(3)4)18(16)20-12-19(13-21)10-5-6-11-19/h7-9,14-15,21H,5-6,10-13H2,1-4H3. The van der Waals surface area contributed by atoms with Gasteiger partial charge in [-0.3, -0.25) is 0 Å². The van der Waals surface area contributed by atoms with Crippen molar-refractivity contribution in [1.29, 1.82) is 0 Å². The van der Waals surface area contributed by atoms with Crippen LogP contribution in [0.25, 0.3) is 0 Å². The van der Waals surface area contributed by atoms with E-state index in [4.69, 9.17) is 4.74 Å². The second-order valence-corrected chi connectivity index (χ2v) is 7.55. The number of thiol groups is 1. The fourth-order valence-corrected chi connectivity index (χ4v) is 3.76. The molecule has 1 saturated carbocycles. The van der Waals surface area contributed by atoms with Crippen LogP contribution in [-0.4, -0.2) is 12.4 Å². The van der Waals surface area contributed by atoms with E-state index >= 15 is 0 Å². The topological polar surface area (TPSA) is 9.23 Å². The molecule has 0 heterocycles. The Morgan fingerprint density at radius 1 is 1.05 bits per heavy atom. The van der Waals surface area contributed by atoms with Gasteiger partial charge in [0.25, 0.3) is 0 Å². The summed E-state index contributed by atoms with van der Waals surface area (Å²) in [6.45, 7) is 9.80. The van der Waals surface area contributed by atoms with Gasteiger partial charge in [0.2, 0.25) is 0 Å². The second kappa shape index (κ2) is 7.09. The fraction of sp³-hybridized carbons (Fsp3) is 0.684. The molecule has 0 aromatic heterocycles. The van der Waals surface area contributed by atoms with Crippen LogP contribution in [0, 0.1) is 5.41 Å². The Labute approximate surface area is 135 Å². The number of hydrogen-bond acceptors (Lipinski definition) is 2. The highest BCUT2D eigenvalue weighted by molar-refractivity contribution is 7.80. The Kier molecular flexibility index (Phi) is 5.65. The molecule has 1 aromatic rings. The van der Waals surface area contributed by atoms with Crippen molar-refractivity contribution >= 4 is 12.6 Å². The Bertz CT molecular complexity index is 432. The summed E-state index contributed by atoms with van der Waals surface area (Å²) in [4.78, 5) is 0. The highest BCUT2D eigenvalue weighted by atomic mass is 32.1. The zero-order valence-electron chi connectivity index (χ0n) is 14.0. The number of ether oxygens (including phenoxy) is 1. The van der Waals surface area contributed by atoms with Gasteiger partial charge in [0, 0.05) is 5.41 Å². The second-order valence-electron chi connectivity index (χ2n) is 7.23. The number of benzene rings is 1. The van der Waals surface area contributed by atoms with E-state index in [1.165, 1.54) is 36.8 Å². The van der Waals surface area contributed by atoms with E-state index in [9.17, 15) is 0 Å². The first-order chi connectivity index (χ1) is 9.99. The predicted octanol–water partition coefficient (Wildman–Crippen LogP) is 5.80. The summed E-state index contributed by atoms with van der Waals surface area (Å²) < 4.78 is 6.42. The van der Waals surface area contributed by atoms with Crippen molar-refractivity contribution in [2.75, 3.05) is 12.4 Å². The highest BCUT2D eigenvalue weighted by Gasteiger charge is 2.34. The summed E-state index contributed by atoms with van der Waals surface area (Å²) in [6, 6.07) is 6.60. The van der Waals surface area contributed by atoms with Crippen molar-refractivity contribution in [3.8, 4) is 5.75 Å². The summed E-state index contributed by atoms with van der Waals surface area (Å²) in [5, 5.41) is 0. The molecule has 1 nitrogen and oxygen atoms in total. The van der Waals surface area contributed by atoms with E-state index < -0.39 is 0 Å². The quantitative estimate of drug-likeness (QED) is 0.653. The normalized spacial score (nSPS) is 17.7. The molecule has 0 aliphatic heterocycles. The van der Waals surface area contributed by atoms with Gasteiger partial charge in [0.1, 0.15) is 5.75 Å². The van der Waals surface area contributed by atoms with Gasteiger partial charge < -0.3 is 4.74 Å². The Balaban J connectivity index is 2.25. The molecule has 0 N–H and O–H groups in total. The monoisotopic (exact) mass is 306 g/mol. The number of para-hydroxylation sites is 1. The minimum atomic E-state index is 0.293. The van der Waals surface area contributed by atoms with Gasteiger partial charge >= 0.3 is 0 Å². The van der Waals surface area contributed by atoms with Crippen molar-refractivity contribution < 1.29 is 4.74 Å². The first kappa shape index (κ1) is 16.7. The van der Waals surface area contributed by atoms with Crippen molar-refractivity contribution in [3.05, 3.63) is 29.3 Å². The Hall–Kier alpha value is -0.630. The van der Waals surface area contributed by atoms with E-state index in [1.54, 1.807) is 0 Å². The van der Waals surface area contributed by atoms with Crippen LogP contribution in [0.3, 0.4) is 0 Å². The van der Waals surface area contributed by atoms with Crippen molar-refractivity contribution in [2.24, 2.45) is 5.41 Å². The molecule has 2 rings (SSSR count). The van der Waals surface area contributed by atoms with Crippen LogP contribution in [0.5, 0.6) is 5.75 Å².